The molecule has 3 N–H and O–H groups in total. The molecule has 5 nitrogen and oxygen atoms in total. The van der Waals surface area contributed by atoms with Gasteiger partial charge in [-0.05, 0) is 24.6 Å². The molecule has 1 fully saturated rings. The van der Waals surface area contributed by atoms with Crippen molar-refractivity contribution in [3.63, 3.8) is 0 Å². The van der Waals surface area contributed by atoms with E-state index in [0.29, 0.717) is 18.5 Å². The molecule has 0 radical (unpaired) electrons. The number of benzene rings is 1. The molecule has 0 spiro atoms. The third-order valence-corrected chi connectivity index (χ3v) is 2.83. The molecule has 0 saturated carbocycles. The number of aromatic hydroxyl groups is 1. The van der Waals surface area contributed by atoms with Crippen LogP contribution in [-0.2, 0) is 9.59 Å². The maximum Gasteiger partial charge on any atom is 0.246 e. The van der Waals surface area contributed by atoms with Crippen molar-refractivity contribution in [2.75, 3.05) is 5.32 Å². The second-order valence-electron chi connectivity index (χ2n) is 3.81. The Balaban J connectivity index is 2.03. The molecule has 2 amide bonds. The number of amides is 2. The maximum atomic E-state index is 11.7. The van der Waals surface area contributed by atoms with Crippen molar-refractivity contribution in [1.82, 2.24) is 5.32 Å². The van der Waals surface area contributed by atoms with Gasteiger partial charge in [0.25, 0.3) is 0 Å². The van der Waals surface area contributed by atoms with Crippen LogP contribution in [0.5, 0.6) is 5.75 Å². The highest BCUT2D eigenvalue weighted by Crippen LogP contribution is 2.26. The summed E-state index contributed by atoms with van der Waals surface area (Å²) in [5, 5.41) is 14.6. The summed E-state index contributed by atoms with van der Waals surface area (Å²) in [6.07, 6.45) is 0.866. The molecule has 1 heterocycles. The Bertz CT molecular complexity index is 476. The standard InChI is InChI=1S/C11H11ClN2O3/c12-7-5-6(1-3-9(7)15)13-11(17)8-2-4-10(16)14-8/h1,3,5,8,15H,2,4H2,(H,13,17)(H,14,16)/t8-/m0/s1. The van der Waals surface area contributed by atoms with Crippen LogP contribution in [0.15, 0.2) is 18.2 Å². The van der Waals surface area contributed by atoms with Crippen LogP contribution in [0, 0.1) is 0 Å². The molecule has 6 heteroatoms. The number of nitrogens with one attached hydrogen (secondary N) is 2. The summed E-state index contributed by atoms with van der Waals surface area (Å²) >= 11 is 5.71. The van der Waals surface area contributed by atoms with Crippen LogP contribution >= 0.6 is 11.6 Å². The van der Waals surface area contributed by atoms with Crippen molar-refractivity contribution in [3.05, 3.63) is 23.2 Å². The van der Waals surface area contributed by atoms with Crippen molar-refractivity contribution in [3.8, 4) is 5.75 Å². The predicted molar refractivity (Wildman–Crippen MR) is 62.9 cm³/mol. The van der Waals surface area contributed by atoms with Crippen LogP contribution in [0.2, 0.25) is 5.02 Å². The summed E-state index contributed by atoms with van der Waals surface area (Å²) < 4.78 is 0. The molecule has 0 bridgehead atoms. The zero-order chi connectivity index (χ0) is 12.4. The summed E-state index contributed by atoms with van der Waals surface area (Å²) in [6.45, 7) is 0. The lowest BCUT2D eigenvalue weighted by molar-refractivity contribution is -0.122. The van der Waals surface area contributed by atoms with Crippen molar-refractivity contribution in [2.45, 2.75) is 18.9 Å². The van der Waals surface area contributed by atoms with Gasteiger partial charge in [-0.2, -0.15) is 0 Å². The first-order valence-corrected chi connectivity index (χ1v) is 5.53. The van der Waals surface area contributed by atoms with Crippen LogP contribution < -0.4 is 10.6 Å². The van der Waals surface area contributed by atoms with E-state index in [1.807, 2.05) is 0 Å². The van der Waals surface area contributed by atoms with Crippen molar-refractivity contribution < 1.29 is 14.7 Å². The zero-order valence-corrected chi connectivity index (χ0v) is 9.62. The molecule has 1 aliphatic rings. The van der Waals surface area contributed by atoms with Gasteiger partial charge in [0.2, 0.25) is 11.8 Å². The summed E-state index contributed by atoms with van der Waals surface area (Å²) in [5.41, 5.74) is 0.485. The van der Waals surface area contributed by atoms with E-state index in [1.54, 1.807) is 0 Å². The van der Waals surface area contributed by atoms with E-state index in [0.717, 1.165) is 0 Å². The van der Waals surface area contributed by atoms with E-state index in [-0.39, 0.29) is 22.6 Å². The van der Waals surface area contributed by atoms with Crippen LogP contribution in [0.25, 0.3) is 0 Å². The third-order valence-electron chi connectivity index (χ3n) is 2.53. The Morgan fingerprint density at radius 1 is 1.53 bits per heavy atom. The van der Waals surface area contributed by atoms with Crippen LogP contribution in [0.3, 0.4) is 0 Å². The van der Waals surface area contributed by atoms with E-state index in [1.165, 1.54) is 18.2 Å². The van der Waals surface area contributed by atoms with E-state index in [9.17, 15) is 14.7 Å². The quantitative estimate of drug-likeness (QED) is 0.696. The summed E-state index contributed by atoms with van der Waals surface area (Å²) in [4.78, 5) is 22.7. The largest absolute Gasteiger partial charge is 0.506 e. The molecular weight excluding hydrogens is 244 g/mol. The SMILES string of the molecule is O=C1CC[C@@H](C(=O)Nc2ccc(O)c(Cl)c2)N1. The van der Waals surface area contributed by atoms with Gasteiger partial charge >= 0.3 is 0 Å². The number of halogens is 1. The Morgan fingerprint density at radius 2 is 2.29 bits per heavy atom. The average Bonchev–Trinajstić information content (AvgIpc) is 2.70. The predicted octanol–water partition coefficient (Wildman–Crippen LogP) is 1.26. The minimum atomic E-state index is -0.491. The summed E-state index contributed by atoms with van der Waals surface area (Å²) in [7, 11) is 0. The van der Waals surface area contributed by atoms with Crippen LogP contribution in [-0.4, -0.2) is 23.0 Å². The van der Waals surface area contributed by atoms with Gasteiger partial charge in [0.1, 0.15) is 11.8 Å². The second-order valence-corrected chi connectivity index (χ2v) is 4.22. The highest BCUT2D eigenvalue weighted by molar-refractivity contribution is 6.32. The molecule has 2 rings (SSSR count). The summed E-state index contributed by atoms with van der Waals surface area (Å²) in [6, 6.07) is 3.89. The molecule has 1 aromatic rings. The molecule has 0 aliphatic carbocycles. The van der Waals surface area contributed by atoms with Gasteiger partial charge in [0.15, 0.2) is 0 Å². The van der Waals surface area contributed by atoms with Crippen molar-refractivity contribution >= 4 is 29.1 Å². The molecule has 0 aromatic heterocycles. The highest BCUT2D eigenvalue weighted by Gasteiger charge is 2.27. The van der Waals surface area contributed by atoms with Gasteiger partial charge in [0.05, 0.1) is 5.02 Å². The molecule has 0 unspecified atom stereocenters. The fraction of sp³-hybridized carbons (Fsp3) is 0.273. The normalized spacial score (nSPS) is 18.9. The minimum absolute atomic E-state index is 0.0427. The number of carbonyl (C=O) groups excluding carboxylic acids is 2. The van der Waals surface area contributed by atoms with Gasteiger partial charge in [-0.3, -0.25) is 9.59 Å². The van der Waals surface area contributed by atoms with Gasteiger partial charge in [-0.15, -0.1) is 0 Å². The average molecular weight is 255 g/mol. The number of hydrogen-bond acceptors (Lipinski definition) is 3. The third kappa shape index (κ3) is 2.68. The van der Waals surface area contributed by atoms with Crippen LogP contribution in [0.1, 0.15) is 12.8 Å². The molecule has 17 heavy (non-hydrogen) atoms. The van der Waals surface area contributed by atoms with Gasteiger partial charge in [-0.25, -0.2) is 0 Å². The summed E-state index contributed by atoms with van der Waals surface area (Å²) in [5.74, 6) is -0.440. The number of rotatable bonds is 2. The van der Waals surface area contributed by atoms with Crippen LogP contribution in [0.4, 0.5) is 5.69 Å². The fourth-order valence-corrected chi connectivity index (χ4v) is 1.81. The molecule has 1 atom stereocenters. The molecule has 1 aliphatic heterocycles. The van der Waals surface area contributed by atoms with E-state index < -0.39 is 6.04 Å². The Morgan fingerprint density at radius 3 is 2.88 bits per heavy atom. The number of phenolic OH excluding ortho intramolecular Hbond substituents is 1. The van der Waals surface area contributed by atoms with Crippen molar-refractivity contribution in [2.24, 2.45) is 0 Å². The van der Waals surface area contributed by atoms with Crippen molar-refractivity contribution in [1.29, 1.82) is 0 Å². The molecule has 1 aromatic carbocycles. The first-order chi connectivity index (χ1) is 8.06. The van der Waals surface area contributed by atoms with Gasteiger partial charge in [-0.1, -0.05) is 11.6 Å². The highest BCUT2D eigenvalue weighted by atomic mass is 35.5. The smallest absolute Gasteiger partial charge is 0.246 e. The minimum Gasteiger partial charge on any atom is -0.506 e. The molecule has 90 valence electrons. The monoisotopic (exact) mass is 254 g/mol. The maximum absolute atomic E-state index is 11.7. The first kappa shape index (κ1) is 11.7. The van der Waals surface area contributed by atoms with E-state index >= 15 is 0 Å². The second kappa shape index (κ2) is 4.63. The molecular formula is C11H11ClN2O3. The number of anilines is 1. The lowest BCUT2D eigenvalue weighted by Gasteiger charge is -2.11. The Labute approximate surface area is 103 Å². The Kier molecular flexibility index (Phi) is 3.19. The topological polar surface area (TPSA) is 78.4 Å². The lowest BCUT2D eigenvalue weighted by Crippen LogP contribution is -2.37. The number of hydrogen-bond donors (Lipinski definition) is 3. The van der Waals surface area contributed by atoms with Gasteiger partial charge < -0.3 is 15.7 Å². The number of carbonyl (C=O) groups is 2. The van der Waals surface area contributed by atoms with E-state index in [2.05, 4.69) is 10.6 Å². The number of phenols is 1. The molecule has 1 saturated heterocycles. The fourth-order valence-electron chi connectivity index (χ4n) is 1.62. The lowest BCUT2D eigenvalue weighted by atomic mass is 10.2. The first-order valence-electron chi connectivity index (χ1n) is 5.15. The van der Waals surface area contributed by atoms with E-state index in [4.69, 9.17) is 11.6 Å². The zero-order valence-electron chi connectivity index (χ0n) is 8.87. The Hall–Kier alpha value is -1.75. The van der Waals surface area contributed by atoms with Gasteiger partial charge in [0, 0.05) is 12.1 Å².